The molecule has 3 aliphatic rings. The van der Waals surface area contributed by atoms with E-state index in [1.54, 1.807) is 4.90 Å². The highest BCUT2D eigenvalue weighted by molar-refractivity contribution is 8.26. The maximum absolute atomic E-state index is 13.2. The van der Waals surface area contributed by atoms with Gasteiger partial charge in [0.2, 0.25) is 0 Å². The molecule has 5 nitrogen and oxygen atoms in total. The summed E-state index contributed by atoms with van der Waals surface area (Å²) in [5.41, 5.74) is 3.20. The van der Waals surface area contributed by atoms with E-state index in [-0.39, 0.29) is 12.0 Å². The molecule has 1 aromatic carbocycles. The number of pyridine rings is 1. The quantitative estimate of drug-likeness (QED) is 0.484. The molecule has 0 saturated carbocycles. The van der Waals surface area contributed by atoms with E-state index in [2.05, 4.69) is 36.1 Å². The third-order valence-electron chi connectivity index (χ3n) is 6.28. The van der Waals surface area contributed by atoms with E-state index in [1.165, 1.54) is 36.6 Å². The van der Waals surface area contributed by atoms with Crippen LogP contribution in [0.4, 0.5) is 5.82 Å². The third kappa shape index (κ3) is 4.23. The van der Waals surface area contributed by atoms with E-state index < -0.39 is 0 Å². The van der Waals surface area contributed by atoms with E-state index in [0.717, 1.165) is 54.8 Å². The summed E-state index contributed by atoms with van der Waals surface area (Å²) in [4.78, 5) is 23.0. The van der Waals surface area contributed by atoms with Gasteiger partial charge in [-0.15, -0.1) is 0 Å². The molecule has 1 aromatic heterocycles. The SMILES string of the molecule is Cc1cccc2cc(/C=C3\SC(=S)N(CC4CCCO4)C3=O)c(N3CCCCC3)nc12. The Labute approximate surface area is 192 Å². The third-order valence-corrected chi connectivity index (χ3v) is 7.66. The van der Waals surface area contributed by atoms with Crippen molar-refractivity contribution < 1.29 is 9.53 Å². The summed E-state index contributed by atoms with van der Waals surface area (Å²) >= 11 is 6.93. The molecular formula is C24H27N3O2S2. The number of hydrogen-bond acceptors (Lipinski definition) is 6. The number of ether oxygens (including phenoxy) is 1. The van der Waals surface area contributed by atoms with Crippen LogP contribution in [0.15, 0.2) is 29.2 Å². The fraction of sp³-hybridized carbons (Fsp3) is 0.458. The molecule has 7 heteroatoms. The lowest BCUT2D eigenvalue weighted by atomic mass is 10.1. The summed E-state index contributed by atoms with van der Waals surface area (Å²) in [5.74, 6) is 0.963. The Balaban J connectivity index is 1.51. The topological polar surface area (TPSA) is 45.7 Å². The number of piperidine rings is 1. The Morgan fingerprint density at radius 1 is 1.26 bits per heavy atom. The first-order chi connectivity index (χ1) is 15.1. The van der Waals surface area contributed by atoms with Gasteiger partial charge in [0.15, 0.2) is 0 Å². The summed E-state index contributed by atoms with van der Waals surface area (Å²) in [7, 11) is 0. The summed E-state index contributed by atoms with van der Waals surface area (Å²) in [5, 5.41) is 1.10. The minimum Gasteiger partial charge on any atom is -0.376 e. The molecule has 0 bridgehead atoms. The predicted octanol–water partition coefficient (Wildman–Crippen LogP) is 4.91. The monoisotopic (exact) mass is 453 g/mol. The minimum atomic E-state index is -0.0144. The Kier molecular flexibility index (Phi) is 5.99. The number of benzene rings is 1. The minimum absolute atomic E-state index is 0.0144. The van der Waals surface area contributed by atoms with Crippen LogP contribution in [0.25, 0.3) is 17.0 Å². The smallest absolute Gasteiger partial charge is 0.266 e. The highest BCUT2D eigenvalue weighted by Gasteiger charge is 2.35. The van der Waals surface area contributed by atoms with E-state index in [1.807, 2.05) is 6.08 Å². The molecule has 0 N–H and O–H groups in total. The van der Waals surface area contributed by atoms with Gasteiger partial charge in [0.25, 0.3) is 5.91 Å². The van der Waals surface area contributed by atoms with Crippen molar-refractivity contribution in [2.75, 3.05) is 31.1 Å². The van der Waals surface area contributed by atoms with Crippen molar-refractivity contribution >= 4 is 57.0 Å². The van der Waals surface area contributed by atoms with Crippen molar-refractivity contribution in [3.63, 3.8) is 0 Å². The number of para-hydroxylation sites is 1. The summed E-state index contributed by atoms with van der Waals surface area (Å²) in [6.45, 7) is 5.44. The number of carbonyl (C=O) groups excluding carboxylic acids is 1. The van der Waals surface area contributed by atoms with Crippen LogP contribution >= 0.6 is 24.0 Å². The van der Waals surface area contributed by atoms with Gasteiger partial charge in [-0.05, 0) is 56.7 Å². The van der Waals surface area contributed by atoms with Gasteiger partial charge >= 0.3 is 0 Å². The molecule has 1 atom stereocenters. The molecule has 4 heterocycles. The number of carbonyl (C=O) groups is 1. The average molecular weight is 454 g/mol. The van der Waals surface area contributed by atoms with Crippen molar-refractivity contribution in [1.29, 1.82) is 0 Å². The number of rotatable bonds is 4. The van der Waals surface area contributed by atoms with Crippen LogP contribution in [0.3, 0.4) is 0 Å². The standard InChI is InChI=1S/C24H27N3O2S2/c1-16-7-5-8-17-13-18(22(25-21(16)17)26-10-3-2-4-11-26)14-20-23(28)27(24(30)31-20)15-19-9-6-12-29-19/h5,7-8,13-14,19H,2-4,6,9-12,15H2,1H3/b20-14-. The Hall–Kier alpha value is -1.96. The summed E-state index contributed by atoms with van der Waals surface area (Å²) in [6, 6.07) is 8.43. The number of hydrogen-bond donors (Lipinski definition) is 0. The van der Waals surface area contributed by atoms with Crippen LogP contribution < -0.4 is 4.90 Å². The number of thioether (sulfide) groups is 1. The Morgan fingerprint density at radius 2 is 2.10 bits per heavy atom. The number of nitrogens with zero attached hydrogens (tertiary/aromatic N) is 3. The van der Waals surface area contributed by atoms with Crippen molar-refractivity contribution in [1.82, 2.24) is 9.88 Å². The lowest BCUT2D eigenvalue weighted by Crippen LogP contribution is -2.35. The van der Waals surface area contributed by atoms with Gasteiger partial charge < -0.3 is 9.64 Å². The number of anilines is 1. The maximum atomic E-state index is 13.2. The van der Waals surface area contributed by atoms with Gasteiger partial charge in [-0.2, -0.15) is 0 Å². The van der Waals surface area contributed by atoms with Crippen LogP contribution in [0.5, 0.6) is 0 Å². The molecule has 2 aromatic rings. The van der Waals surface area contributed by atoms with Crippen LogP contribution in [0, 0.1) is 6.92 Å². The van der Waals surface area contributed by atoms with Crippen LogP contribution in [0.1, 0.15) is 43.2 Å². The van der Waals surface area contributed by atoms with Crippen LogP contribution in [-0.4, -0.2) is 52.5 Å². The molecule has 31 heavy (non-hydrogen) atoms. The number of aryl methyl sites for hydroxylation is 1. The lowest BCUT2D eigenvalue weighted by Gasteiger charge is -2.29. The number of thiocarbonyl (C=S) groups is 1. The van der Waals surface area contributed by atoms with E-state index >= 15 is 0 Å². The second-order valence-corrected chi connectivity index (χ2v) is 10.2. The van der Waals surface area contributed by atoms with Gasteiger partial charge in [0.1, 0.15) is 10.1 Å². The Bertz CT molecular complexity index is 1060. The van der Waals surface area contributed by atoms with Crippen LogP contribution in [-0.2, 0) is 9.53 Å². The van der Waals surface area contributed by atoms with Crippen LogP contribution in [0.2, 0.25) is 0 Å². The molecule has 5 rings (SSSR count). The molecule has 0 spiro atoms. The van der Waals surface area contributed by atoms with Crippen molar-refractivity contribution in [3.8, 4) is 0 Å². The van der Waals surface area contributed by atoms with E-state index in [4.69, 9.17) is 21.9 Å². The van der Waals surface area contributed by atoms with Crippen molar-refractivity contribution in [2.24, 2.45) is 0 Å². The molecule has 162 valence electrons. The maximum Gasteiger partial charge on any atom is 0.266 e. The van der Waals surface area contributed by atoms with E-state index in [9.17, 15) is 4.79 Å². The van der Waals surface area contributed by atoms with Crippen molar-refractivity contribution in [2.45, 2.75) is 45.1 Å². The molecule has 0 radical (unpaired) electrons. The van der Waals surface area contributed by atoms with Crippen molar-refractivity contribution in [3.05, 3.63) is 40.3 Å². The first-order valence-corrected chi connectivity index (χ1v) is 12.3. The molecule has 1 unspecified atom stereocenters. The molecule has 3 saturated heterocycles. The first kappa shape index (κ1) is 20.9. The predicted molar refractivity (Wildman–Crippen MR) is 131 cm³/mol. The second-order valence-electron chi connectivity index (χ2n) is 8.52. The van der Waals surface area contributed by atoms with E-state index in [0.29, 0.717) is 15.8 Å². The molecule has 0 aliphatic carbocycles. The summed E-state index contributed by atoms with van der Waals surface area (Å²) < 4.78 is 6.35. The fourth-order valence-corrected chi connectivity index (χ4v) is 5.88. The first-order valence-electron chi connectivity index (χ1n) is 11.1. The fourth-order valence-electron chi connectivity index (χ4n) is 4.61. The molecule has 1 amide bonds. The number of fused-ring (bicyclic) bond motifs is 1. The lowest BCUT2D eigenvalue weighted by molar-refractivity contribution is -0.123. The molecule has 3 aliphatic heterocycles. The van der Waals surface area contributed by atoms with Gasteiger partial charge in [0, 0.05) is 30.6 Å². The van der Waals surface area contributed by atoms with Gasteiger partial charge in [-0.3, -0.25) is 9.69 Å². The average Bonchev–Trinajstić information content (AvgIpc) is 3.38. The zero-order chi connectivity index (χ0) is 21.4. The molecular weight excluding hydrogens is 426 g/mol. The number of aromatic nitrogens is 1. The second kappa shape index (κ2) is 8.88. The summed E-state index contributed by atoms with van der Waals surface area (Å²) in [6.07, 6.45) is 7.75. The van der Waals surface area contributed by atoms with Gasteiger partial charge in [0.05, 0.1) is 23.1 Å². The highest BCUT2D eigenvalue weighted by Crippen LogP contribution is 2.36. The zero-order valence-corrected chi connectivity index (χ0v) is 19.4. The van der Waals surface area contributed by atoms with Gasteiger partial charge in [-0.25, -0.2) is 4.98 Å². The molecule has 3 fully saturated rings. The Morgan fingerprint density at radius 3 is 2.87 bits per heavy atom. The highest BCUT2D eigenvalue weighted by atomic mass is 32.2. The normalized spacial score (nSPS) is 23.5. The van der Waals surface area contributed by atoms with Gasteiger partial charge in [-0.1, -0.05) is 42.2 Å². The largest absolute Gasteiger partial charge is 0.376 e. The number of amides is 1. The zero-order valence-electron chi connectivity index (χ0n) is 17.8.